The molecule has 0 spiro atoms. The Balaban J connectivity index is 1.58. The van der Waals surface area contributed by atoms with Crippen LogP contribution in [-0.2, 0) is 9.53 Å². The molecule has 2 aromatic rings. The number of benzene rings is 1. The number of rotatable bonds is 5. The number of hydrogen-bond acceptors (Lipinski definition) is 3. The van der Waals surface area contributed by atoms with Crippen molar-refractivity contribution in [2.75, 3.05) is 6.61 Å². The molecule has 3 nitrogen and oxygen atoms in total. The molecule has 1 fully saturated rings. The summed E-state index contributed by atoms with van der Waals surface area (Å²) in [5.74, 6) is 7.28. The Bertz CT molecular complexity index is 871. The number of carbonyl (C=O) groups excluding carboxylic acids is 1. The maximum absolute atomic E-state index is 12.3. The second kappa shape index (κ2) is 9.50. The van der Waals surface area contributed by atoms with Crippen molar-refractivity contribution in [3.05, 3.63) is 46.2 Å². The smallest absolute Gasteiger partial charge is 0.345 e. The van der Waals surface area contributed by atoms with Gasteiger partial charge >= 0.3 is 5.97 Å². The zero-order valence-corrected chi connectivity index (χ0v) is 18.7. The van der Waals surface area contributed by atoms with Crippen LogP contribution in [0.25, 0.3) is 4.90 Å². The van der Waals surface area contributed by atoms with Gasteiger partial charge in [0, 0.05) is 28.5 Å². The summed E-state index contributed by atoms with van der Waals surface area (Å²) in [6.45, 7) is 7.61. The standard InChI is InChI=1S/C25H31O3S/c1-19-16-22(29-14-8-9-15-29)17-20(2)24(19)27-18-23(26)28-25(3,4)13-12-21-10-6-5-7-11-21/h8-9,14-17,21H,5-7,10-11,18H2,1-4H3/q+1. The molecule has 0 saturated heterocycles. The fourth-order valence-corrected chi connectivity index (χ4v) is 5.28. The van der Waals surface area contributed by atoms with E-state index in [4.69, 9.17) is 9.47 Å². The van der Waals surface area contributed by atoms with E-state index in [-0.39, 0.29) is 23.0 Å². The molecule has 3 rings (SSSR count). The van der Waals surface area contributed by atoms with Crippen molar-refractivity contribution < 1.29 is 14.3 Å². The van der Waals surface area contributed by atoms with Crippen molar-refractivity contribution in [2.45, 2.75) is 65.4 Å². The summed E-state index contributed by atoms with van der Waals surface area (Å²) in [5.41, 5.74) is 1.27. The molecular formula is C25H31O3S+. The highest BCUT2D eigenvalue weighted by Crippen LogP contribution is 2.35. The molecule has 1 saturated carbocycles. The first-order chi connectivity index (χ1) is 13.8. The van der Waals surface area contributed by atoms with Crippen LogP contribution in [0.5, 0.6) is 5.75 Å². The molecule has 0 radical (unpaired) electrons. The number of esters is 1. The maximum Gasteiger partial charge on any atom is 0.345 e. The summed E-state index contributed by atoms with van der Waals surface area (Å²) in [4.78, 5) is 13.6. The molecule has 0 atom stereocenters. The van der Waals surface area contributed by atoms with Crippen LogP contribution in [-0.4, -0.2) is 18.2 Å². The average Bonchev–Trinajstić information content (AvgIpc) is 3.21. The quantitative estimate of drug-likeness (QED) is 0.328. The molecule has 29 heavy (non-hydrogen) atoms. The first-order valence-electron chi connectivity index (χ1n) is 10.4. The Morgan fingerprint density at radius 1 is 1.10 bits per heavy atom. The van der Waals surface area contributed by atoms with Gasteiger partial charge < -0.3 is 9.47 Å². The minimum Gasteiger partial charge on any atom is -0.481 e. The SMILES string of the molecule is Cc1cc(-[s+]2cccc2)cc(C)c1OCC(=O)OC(C)(C)C#CC1CCCCC1. The fourth-order valence-electron chi connectivity index (χ4n) is 3.73. The monoisotopic (exact) mass is 411 g/mol. The lowest BCUT2D eigenvalue weighted by Gasteiger charge is -2.21. The Kier molecular flexibility index (Phi) is 7.03. The third-order valence-electron chi connectivity index (χ3n) is 5.15. The Morgan fingerprint density at radius 3 is 2.34 bits per heavy atom. The average molecular weight is 412 g/mol. The van der Waals surface area contributed by atoms with E-state index in [9.17, 15) is 4.79 Å². The molecule has 0 aliphatic heterocycles. The van der Waals surface area contributed by atoms with E-state index in [2.05, 4.69) is 46.9 Å². The van der Waals surface area contributed by atoms with Crippen LogP contribution in [0, 0.1) is 31.6 Å². The molecule has 154 valence electrons. The normalized spacial score (nSPS) is 14.8. The van der Waals surface area contributed by atoms with E-state index in [1.165, 1.54) is 24.2 Å². The van der Waals surface area contributed by atoms with Gasteiger partial charge in [0.2, 0.25) is 0 Å². The topological polar surface area (TPSA) is 35.5 Å². The molecule has 0 unspecified atom stereocenters. The summed E-state index contributed by atoms with van der Waals surface area (Å²) in [7, 11) is 0.0260. The van der Waals surface area contributed by atoms with Crippen molar-refractivity contribution in [3.8, 4) is 22.5 Å². The lowest BCUT2D eigenvalue weighted by Crippen LogP contribution is -2.29. The second-order valence-electron chi connectivity index (χ2n) is 8.29. The van der Waals surface area contributed by atoms with Crippen LogP contribution in [0.1, 0.15) is 57.1 Å². The summed E-state index contributed by atoms with van der Waals surface area (Å²) >= 11 is 0. The van der Waals surface area contributed by atoms with Gasteiger partial charge in [0.1, 0.15) is 16.5 Å². The molecule has 0 bridgehead atoms. The molecule has 0 amide bonds. The molecule has 1 aromatic heterocycles. The molecule has 1 aromatic carbocycles. The Hall–Kier alpha value is -2.25. The number of hydrogen-bond donors (Lipinski definition) is 0. The third kappa shape index (κ3) is 6.11. The van der Waals surface area contributed by atoms with E-state index in [1.54, 1.807) is 0 Å². The predicted octanol–water partition coefficient (Wildman–Crippen LogP) is 6.33. The summed E-state index contributed by atoms with van der Waals surface area (Å²) < 4.78 is 11.4. The van der Waals surface area contributed by atoms with Crippen molar-refractivity contribution in [1.29, 1.82) is 0 Å². The van der Waals surface area contributed by atoms with Gasteiger partial charge in [-0.15, -0.1) is 0 Å². The zero-order chi connectivity index (χ0) is 20.9. The van der Waals surface area contributed by atoms with Gasteiger partial charge in [-0.05, 0) is 63.8 Å². The van der Waals surface area contributed by atoms with Gasteiger partial charge in [0.15, 0.2) is 17.1 Å². The van der Waals surface area contributed by atoms with Crippen LogP contribution < -0.4 is 4.74 Å². The van der Waals surface area contributed by atoms with Crippen molar-refractivity contribution >= 4 is 16.4 Å². The van der Waals surface area contributed by atoms with Gasteiger partial charge in [-0.25, -0.2) is 4.79 Å². The minimum atomic E-state index is -0.798. The number of ether oxygens (including phenoxy) is 2. The van der Waals surface area contributed by atoms with Crippen LogP contribution in [0.2, 0.25) is 0 Å². The molecule has 1 aliphatic carbocycles. The van der Waals surface area contributed by atoms with Crippen LogP contribution in [0.15, 0.2) is 35.0 Å². The van der Waals surface area contributed by atoms with Gasteiger partial charge in [-0.1, -0.05) is 31.1 Å². The second-order valence-corrected chi connectivity index (χ2v) is 10.1. The number of aryl methyl sites for hydroxylation is 2. The highest BCUT2D eigenvalue weighted by atomic mass is 32.2. The lowest BCUT2D eigenvalue weighted by atomic mass is 9.89. The van der Waals surface area contributed by atoms with Gasteiger partial charge in [0.25, 0.3) is 0 Å². The maximum atomic E-state index is 12.3. The lowest BCUT2D eigenvalue weighted by molar-refractivity contribution is -0.154. The Morgan fingerprint density at radius 2 is 1.72 bits per heavy atom. The van der Waals surface area contributed by atoms with Gasteiger partial charge in [-0.2, -0.15) is 0 Å². The minimum absolute atomic E-state index is 0.0260. The van der Waals surface area contributed by atoms with E-state index in [1.807, 2.05) is 27.7 Å². The van der Waals surface area contributed by atoms with Crippen molar-refractivity contribution in [1.82, 2.24) is 0 Å². The Labute approximate surface area is 177 Å². The molecule has 1 heterocycles. The highest BCUT2D eigenvalue weighted by molar-refractivity contribution is 7.36. The van der Waals surface area contributed by atoms with Crippen LogP contribution in [0.3, 0.4) is 0 Å². The summed E-state index contributed by atoms with van der Waals surface area (Å²) in [6, 6.07) is 8.42. The van der Waals surface area contributed by atoms with Crippen LogP contribution >= 0.6 is 10.5 Å². The highest BCUT2D eigenvalue weighted by Gasteiger charge is 2.22. The molecular weight excluding hydrogens is 380 g/mol. The van der Waals surface area contributed by atoms with E-state index in [0.717, 1.165) is 29.7 Å². The fraction of sp³-hybridized carbons (Fsp3) is 0.480. The largest absolute Gasteiger partial charge is 0.481 e. The van der Waals surface area contributed by atoms with Crippen LogP contribution in [0.4, 0.5) is 0 Å². The first kappa shape index (κ1) is 21.5. The summed E-state index contributed by atoms with van der Waals surface area (Å²) in [6.07, 6.45) is 6.11. The van der Waals surface area contributed by atoms with Gasteiger partial charge in [0.05, 0.1) is 0 Å². The van der Waals surface area contributed by atoms with E-state index in [0.29, 0.717) is 5.92 Å². The predicted molar refractivity (Wildman–Crippen MR) is 120 cm³/mol. The molecule has 4 heteroatoms. The zero-order valence-electron chi connectivity index (χ0n) is 17.9. The number of thiophene rings is 1. The van der Waals surface area contributed by atoms with E-state index >= 15 is 0 Å². The van der Waals surface area contributed by atoms with Crippen molar-refractivity contribution in [2.24, 2.45) is 5.92 Å². The molecule has 1 aliphatic rings. The summed E-state index contributed by atoms with van der Waals surface area (Å²) in [5, 5.41) is 4.39. The third-order valence-corrected chi connectivity index (χ3v) is 6.83. The van der Waals surface area contributed by atoms with E-state index < -0.39 is 5.60 Å². The molecule has 0 N–H and O–H groups in total. The first-order valence-corrected chi connectivity index (χ1v) is 11.7. The van der Waals surface area contributed by atoms with Gasteiger partial charge in [-0.3, -0.25) is 0 Å². The van der Waals surface area contributed by atoms with Crippen molar-refractivity contribution in [3.63, 3.8) is 0 Å². The number of carbonyl (C=O) groups is 1.